The summed E-state index contributed by atoms with van der Waals surface area (Å²) < 4.78 is 4.59. The molecule has 0 saturated carbocycles. The summed E-state index contributed by atoms with van der Waals surface area (Å²) in [5.41, 5.74) is 0.423. The van der Waals surface area contributed by atoms with Gasteiger partial charge in [0.2, 0.25) is 5.91 Å². The van der Waals surface area contributed by atoms with Gasteiger partial charge in [-0.25, -0.2) is 4.79 Å². The fourth-order valence-electron chi connectivity index (χ4n) is 2.14. The van der Waals surface area contributed by atoms with Crippen molar-refractivity contribution in [3.63, 3.8) is 0 Å². The Balaban J connectivity index is 2.36. The number of carbonyl (C=O) groups is 2. The van der Waals surface area contributed by atoms with Gasteiger partial charge < -0.3 is 14.7 Å². The molecule has 0 aromatic heterocycles. The van der Waals surface area contributed by atoms with Gasteiger partial charge in [0.15, 0.2) is 5.75 Å². The third-order valence-electron chi connectivity index (χ3n) is 3.13. The first-order valence-corrected chi connectivity index (χ1v) is 6.97. The summed E-state index contributed by atoms with van der Waals surface area (Å²) in [6.45, 7) is 0.530. The number of halogens is 1. The second-order valence-electron chi connectivity index (χ2n) is 4.39. The molecule has 1 aliphatic rings. The minimum Gasteiger partial charge on any atom is -0.505 e. The third kappa shape index (κ3) is 2.58. The van der Waals surface area contributed by atoms with Crippen molar-refractivity contribution >= 4 is 33.5 Å². The van der Waals surface area contributed by atoms with Crippen molar-refractivity contribution in [3.8, 4) is 5.75 Å². The number of methoxy groups -OCH3 is 1. The van der Waals surface area contributed by atoms with Crippen LogP contribution in [0, 0.1) is 5.92 Å². The van der Waals surface area contributed by atoms with Gasteiger partial charge in [0.1, 0.15) is 5.56 Å². The standard InChI is InChI=1S/C13H14BrNO4/c1-19-13(18)9-3-2-4-10(12(9)17)15-7-8(6-14)5-11(15)16/h2-4,8,17H,5-7H2,1H3. The maximum atomic E-state index is 11.9. The van der Waals surface area contributed by atoms with Gasteiger partial charge >= 0.3 is 5.97 Å². The lowest BCUT2D eigenvalue weighted by Gasteiger charge is -2.18. The zero-order chi connectivity index (χ0) is 14.0. The van der Waals surface area contributed by atoms with E-state index in [0.717, 1.165) is 5.33 Å². The first kappa shape index (κ1) is 13.9. The van der Waals surface area contributed by atoms with E-state index in [1.165, 1.54) is 18.1 Å². The van der Waals surface area contributed by atoms with Crippen molar-refractivity contribution in [2.45, 2.75) is 6.42 Å². The zero-order valence-corrected chi connectivity index (χ0v) is 12.0. The van der Waals surface area contributed by atoms with E-state index in [0.29, 0.717) is 18.7 Å². The Morgan fingerprint density at radius 3 is 2.89 bits per heavy atom. The average molecular weight is 328 g/mol. The van der Waals surface area contributed by atoms with Crippen LogP contribution in [-0.2, 0) is 9.53 Å². The number of rotatable bonds is 3. The Morgan fingerprint density at radius 2 is 2.32 bits per heavy atom. The molecule has 1 aromatic carbocycles. The molecular weight excluding hydrogens is 314 g/mol. The lowest BCUT2D eigenvalue weighted by molar-refractivity contribution is -0.117. The van der Waals surface area contributed by atoms with Crippen molar-refractivity contribution < 1.29 is 19.4 Å². The minimum absolute atomic E-state index is 0.0539. The van der Waals surface area contributed by atoms with Crippen LogP contribution < -0.4 is 4.90 Å². The third-order valence-corrected chi connectivity index (χ3v) is 4.05. The minimum atomic E-state index is -0.622. The predicted molar refractivity (Wildman–Crippen MR) is 73.7 cm³/mol. The van der Waals surface area contributed by atoms with Gasteiger partial charge in [0.05, 0.1) is 12.8 Å². The Morgan fingerprint density at radius 1 is 1.58 bits per heavy atom. The second kappa shape index (κ2) is 5.61. The quantitative estimate of drug-likeness (QED) is 0.680. The molecular formula is C13H14BrNO4. The number of phenols is 1. The van der Waals surface area contributed by atoms with E-state index in [9.17, 15) is 14.7 Å². The molecule has 5 nitrogen and oxygen atoms in total. The number of anilines is 1. The van der Waals surface area contributed by atoms with Crippen LogP contribution in [0.2, 0.25) is 0 Å². The largest absolute Gasteiger partial charge is 0.505 e. The maximum absolute atomic E-state index is 11.9. The number of hydrogen-bond donors (Lipinski definition) is 1. The fraction of sp³-hybridized carbons (Fsp3) is 0.385. The molecule has 0 spiro atoms. The molecule has 0 radical (unpaired) electrons. The first-order valence-electron chi connectivity index (χ1n) is 5.85. The van der Waals surface area contributed by atoms with Crippen molar-refractivity contribution in [3.05, 3.63) is 23.8 Å². The Kier molecular flexibility index (Phi) is 4.09. The van der Waals surface area contributed by atoms with Crippen LogP contribution in [0.25, 0.3) is 0 Å². The molecule has 102 valence electrons. The maximum Gasteiger partial charge on any atom is 0.341 e. The fourth-order valence-corrected chi connectivity index (χ4v) is 2.58. The first-order chi connectivity index (χ1) is 9.08. The molecule has 1 aliphatic heterocycles. The molecule has 1 aromatic rings. The molecule has 0 bridgehead atoms. The molecule has 1 N–H and O–H groups in total. The normalized spacial score (nSPS) is 18.7. The van der Waals surface area contributed by atoms with Crippen molar-refractivity contribution in [2.75, 3.05) is 23.9 Å². The Hall–Kier alpha value is -1.56. The highest BCUT2D eigenvalue weighted by Gasteiger charge is 2.32. The van der Waals surface area contributed by atoms with Gasteiger partial charge in [-0.15, -0.1) is 0 Å². The summed E-state index contributed by atoms with van der Waals surface area (Å²) in [5, 5.41) is 10.8. The SMILES string of the molecule is COC(=O)c1cccc(N2CC(CBr)CC2=O)c1O. The molecule has 1 heterocycles. The highest BCUT2D eigenvalue weighted by molar-refractivity contribution is 9.09. The molecule has 1 fully saturated rings. The number of aromatic hydroxyl groups is 1. The van der Waals surface area contributed by atoms with Crippen molar-refractivity contribution in [2.24, 2.45) is 5.92 Å². The van der Waals surface area contributed by atoms with Gasteiger partial charge in [0.25, 0.3) is 0 Å². The van der Waals surface area contributed by atoms with Gasteiger partial charge in [-0.05, 0) is 18.1 Å². The van der Waals surface area contributed by atoms with Gasteiger partial charge in [0, 0.05) is 18.3 Å². The number of alkyl halides is 1. The number of ether oxygens (including phenoxy) is 1. The van der Waals surface area contributed by atoms with Crippen molar-refractivity contribution in [1.82, 2.24) is 0 Å². The van der Waals surface area contributed by atoms with E-state index in [2.05, 4.69) is 20.7 Å². The van der Waals surface area contributed by atoms with E-state index in [1.807, 2.05) is 0 Å². The van der Waals surface area contributed by atoms with Gasteiger partial charge in [-0.3, -0.25) is 4.79 Å². The van der Waals surface area contributed by atoms with Gasteiger partial charge in [-0.2, -0.15) is 0 Å². The van der Waals surface area contributed by atoms with Crippen LogP contribution >= 0.6 is 15.9 Å². The van der Waals surface area contributed by atoms with E-state index < -0.39 is 5.97 Å². The van der Waals surface area contributed by atoms with Crippen LogP contribution in [0.3, 0.4) is 0 Å². The lowest BCUT2D eigenvalue weighted by Crippen LogP contribution is -2.25. The number of carbonyl (C=O) groups excluding carboxylic acids is 2. The molecule has 1 amide bonds. The summed E-state index contributed by atoms with van der Waals surface area (Å²) in [6, 6.07) is 4.71. The number of para-hydroxylation sites is 1. The molecule has 2 rings (SSSR count). The molecule has 1 atom stereocenters. The average Bonchev–Trinajstić information content (AvgIpc) is 2.79. The number of benzene rings is 1. The second-order valence-corrected chi connectivity index (χ2v) is 5.04. The van der Waals surface area contributed by atoms with Crippen molar-refractivity contribution in [1.29, 1.82) is 0 Å². The number of amides is 1. The summed E-state index contributed by atoms with van der Waals surface area (Å²) in [6.07, 6.45) is 0.438. The topological polar surface area (TPSA) is 66.8 Å². The summed E-state index contributed by atoms with van der Waals surface area (Å²) in [5.74, 6) is -0.670. The summed E-state index contributed by atoms with van der Waals surface area (Å²) in [7, 11) is 1.25. The van der Waals surface area contributed by atoms with E-state index in [-0.39, 0.29) is 23.1 Å². The molecule has 1 unspecified atom stereocenters. The molecule has 0 aliphatic carbocycles. The Bertz CT molecular complexity index is 517. The molecule has 1 saturated heterocycles. The predicted octanol–water partition coefficient (Wildman–Crippen LogP) is 1.93. The lowest BCUT2D eigenvalue weighted by atomic mass is 10.1. The monoisotopic (exact) mass is 327 g/mol. The van der Waals surface area contributed by atoms with Gasteiger partial charge in [-0.1, -0.05) is 22.0 Å². The summed E-state index contributed by atoms with van der Waals surface area (Å²) in [4.78, 5) is 24.9. The number of phenolic OH excluding ortho intramolecular Hbond substituents is 1. The highest BCUT2D eigenvalue weighted by atomic mass is 79.9. The van der Waals surface area contributed by atoms with E-state index in [4.69, 9.17) is 0 Å². The smallest absolute Gasteiger partial charge is 0.341 e. The van der Waals surface area contributed by atoms with Crippen LogP contribution in [0.15, 0.2) is 18.2 Å². The molecule has 19 heavy (non-hydrogen) atoms. The number of esters is 1. The van der Waals surface area contributed by atoms with Crippen LogP contribution in [0.4, 0.5) is 5.69 Å². The summed E-state index contributed by atoms with van der Waals surface area (Å²) >= 11 is 3.36. The van der Waals surface area contributed by atoms with Crippen LogP contribution in [0.5, 0.6) is 5.75 Å². The zero-order valence-electron chi connectivity index (χ0n) is 10.4. The Labute approximate surface area is 119 Å². The molecule has 6 heteroatoms. The van der Waals surface area contributed by atoms with Crippen LogP contribution in [-0.4, -0.2) is 36.0 Å². The number of nitrogens with zero attached hydrogens (tertiary/aromatic N) is 1. The van der Waals surface area contributed by atoms with E-state index in [1.54, 1.807) is 12.1 Å². The highest BCUT2D eigenvalue weighted by Crippen LogP contribution is 2.35. The number of hydrogen-bond acceptors (Lipinski definition) is 4. The van der Waals surface area contributed by atoms with E-state index >= 15 is 0 Å². The van der Waals surface area contributed by atoms with Crippen LogP contribution in [0.1, 0.15) is 16.8 Å².